The molecule has 1 atom stereocenters. The average Bonchev–Trinajstić information content (AvgIpc) is 3.41. The third-order valence-corrected chi connectivity index (χ3v) is 5.85. The monoisotopic (exact) mass is 416 g/mol. The Morgan fingerprint density at radius 3 is 2.71 bits per heavy atom. The van der Waals surface area contributed by atoms with Gasteiger partial charge in [0.1, 0.15) is 5.75 Å². The molecule has 2 aromatic heterocycles. The maximum Gasteiger partial charge on any atom is 0.313 e. The minimum Gasteiger partial charge on any atom is -0.496 e. The van der Waals surface area contributed by atoms with E-state index >= 15 is 0 Å². The molecule has 7 heteroatoms. The second kappa shape index (κ2) is 7.47. The van der Waals surface area contributed by atoms with Gasteiger partial charge in [0.2, 0.25) is 0 Å². The normalized spacial score (nSPS) is 12.6. The summed E-state index contributed by atoms with van der Waals surface area (Å²) in [4.78, 5) is 16.2. The molecule has 1 N–H and O–H groups in total. The van der Waals surface area contributed by atoms with Gasteiger partial charge in [0, 0.05) is 34.2 Å². The Morgan fingerprint density at radius 1 is 1.26 bits per heavy atom. The molecule has 0 fully saturated rings. The zero-order valence-electron chi connectivity index (χ0n) is 18.2. The number of nitrogens with one attached hydrogen (secondary N) is 1. The van der Waals surface area contributed by atoms with Gasteiger partial charge in [-0.25, -0.2) is 0 Å². The number of carbonyl (C=O) groups is 1. The molecule has 2 heterocycles. The van der Waals surface area contributed by atoms with Crippen LogP contribution in [0, 0.1) is 23.7 Å². The number of benzene rings is 2. The summed E-state index contributed by atoms with van der Waals surface area (Å²) >= 11 is 0. The number of carbonyl (C=O) groups excluding carboxylic acids is 1. The molecule has 2 aromatic carbocycles. The van der Waals surface area contributed by atoms with Gasteiger partial charge in [0.05, 0.1) is 42.8 Å². The smallest absolute Gasteiger partial charge is 0.313 e. The van der Waals surface area contributed by atoms with E-state index in [1.807, 2.05) is 51.4 Å². The molecule has 0 saturated heterocycles. The molecule has 7 nitrogen and oxygen atoms in total. The van der Waals surface area contributed by atoms with Gasteiger partial charge in [0.25, 0.3) is 0 Å². The fourth-order valence-electron chi connectivity index (χ4n) is 4.29. The number of esters is 1. The van der Waals surface area contributed by atoms with E-state index in [4.69, 9.17) is 14.6 Å². The van der Waals surface area contributed by atoms with Gasteiger partial charge in [0.15, 0.2) is 0 Å². The van der Waals surface area contributed by atoms with Crippen LogP contribution in [-0.4, -0.2) is 35.0 Å². The Morgan fingerprint density at radius 2 is 2.03 bits per heavy atom. The van der Waals surface area contributed by atoms with E-state index in [1.54, 1.807) is 23.9 Å². The van der Waals surface area contributed by atoms with Crippen LogP contribution in [-0.2, 0) is 9.53 Å². The van der Waals surface area contributed by atoms with Crippen LogP contribution in [0.1, 0.15) is 36.6 Å². The van der Waals surface area contributed by atoms with Crippen LogP contribution in [0.2, 0.25) is 0 Å². The van der Waals surface area contributed by atoms with Crippen molar-refractivity contribution < 1.29 is 14.3 Å². The number of H-pyrrole nitrogens is 1. The third-order valence-electron chi connectivity index (χ3n) is 5.85. The number of aromatic amines is 1. The van der Waals surface area contributed by atoms with Crippen molar-refractivity contribution in [3.8, 4) is 11.8 Å². The molecule has 0 radical (unpaired) electrons. The van der Waals surface area contributed by atoms with Crippen molar-refractivity contribution in [1.82, 2.24) is 14.8 Å². The predicted molar refractivity (Wildman–Crippen MR) is 118 cm³/mol. The Balaban J connectivity index is 2.06. The van der Waals surface area contributed by atoms with E-state index in [0.29, 0.717) is 16.8 Å². The molecule has 0 aliphatic heterocycles. The third kappa shape index (κ3) is 3.21. The maximum absolute atomic E-state index is 12.9. The van der Waals surface area contributed by atoms with Gasteiger partial charge in [-0.2, -0.15) is 10.4 Å². The molecule has 31 heavy (non-hydrogen) atoms. The van der Waals surface area contributed by atoms with Gasteiger partial charge >= 0.3 is 5.97 Å². The van der Waals surface area contributed by atoms with Gasteiger partial charge in [-0.05, 0) is 56.7 Å². The number of fused-ring (bicyclic) bond motifs is 2. The topological polar surface area (TPSA) is 92.9 Å². The zero-order chi connectivity index (χ0) is 22.3. The molecule has 0 spiro atoms. The molecule has 0 aliphatic rings. The minimum atomic E-state index is -0.971. The fourth-order valence-corrected chi connectivity index (χ4v) is 4.29. The van der Waals surface area contributed by atoms with E-state index in [0.717, 1.165) is 27.4 Å². The second-order valence-electron chi connectivity index (χ2n) is 8.19. The van der Waals surface area contributed by atoms with Crippen molar-refractivity contribution in [3.05, 3.63) is 59.4 Å². The highest BCUT2D eigenvalue weighted by atomic mass is 16.5. The highest BCUT2D eigenvalue weighted by molar-refractivity contribution is 5.90. The first-order valence-electron chi connectivity index (χ1n) is 9.93. The van der Waals surface area contributed by atoms with Crippen molar-refractivity contribution >= 4 is 27.8 Å². The first-order chi connectivity index (χ1) is 14.8. The molecular weight excluding hydrogens is 392 g/mol. The van der Waals surface area contributed by atoms with Crippen LogP contribution in [0.3, 0.4) is 0 Å². The summed E-state index contributed by atoms with van der Waals surface area (Å²) in [5, 5.41) is 15.8. The van der Waals surface area contributed by atoms with Crippen LogP contribution in [0.15, 0.2) is 42.7 Å². The molecule has 0 amide bonds. The van der Waals surface area contributed by atoms with Gasteiger partial charge < -0.3 is 14.5 Å². The summed E-state index contributed by atoms with van der Waals surface area (Å²) in [6, 6.07) is 10.9. The number of nitriles is 1. The Labute approximate surface area is 180 Å². The predicted octanol–water partition coefficient (Wildman–Crippen LogP) is 4.49. The van der Waals surface area contributed by atoms with E-state index in [2.05, 4.69) is 11.1 Å². The van der Waals surface area contributed by atoms with Crippen molar-refractivity contribution in [2.24, 2.45) is 5.41 Å². The molecule has 4 rings (SSSR count). The van der Waals surface area contributed by atoms with Crippen LogP contribution in [0.4, 0.5) is 0 Å². The summed E-state index contributed by atoms with van der Waals surface area (Å²) in [5.41, 5.74) is 3.10. The van der Waals surface area contributed by atoms with Crippen LogP contribution >= 0.6 is 0 Å². The molecule has 4 aromatic rings. The standard InChI is InChI=1S/C24H24N4O3/c1-14-10-19(30-4)20(17-8-9-26-21(14)17)22(24(2,3)23(29)31-5)28-13-16-7-6-15(12-25)11-18(16)27-28/h6-11,13,22,26H,1-5H3. The lowest BCUT2D eigenvalue weighted by Gasteiger charge is -2.33. The fraction of sp³-hybridized carbons (Fsp3) is 0.292. The Hall–Kier alpha value is -3.79. The number of rotatable bonds is 5. The summed E-state index contributed by atoms with van der Waals surface area (Å²) in [5.74, 6) is 0.310. The van der Waals surface area contributed by atoms with Crippen molar-refractivity contribution in [3.63, 3.8) is 0 Å². The number of methoxy groups -OCH3 is 2. The van der Waals surface area contributed by atoms with Crippen LogP contribution in [0.5, 0.6) is 5.75 Å². The number of aromatic nitrogens is 3. The largest absolute Gasteiger partial charge is 0.496 e. The van der Waals surface area contributed by atoms with Gasteiger partial charge in [-0.3, -0.25) is 9.48 Å². The van der Waals surface area contributed by atoms with Crippen molar-refractivity contribution in [2.45, 2.75) is 26.8 Å². The van der Waals surface area contributed by atoms with Crippen LogP contribution < -0.4 is 4.74 Å². The van der Waals surface area contributed by atoms with E-state index in [1.165, 1.54) is 7.11 Å². The first kappa shape index (κ1) is 20.5. The van der Waals surface area contributed by atoms with Crippen LogP contribution in [0.25, 0.3) is 21.8 Å². The first-order valence-corrected chi connectivity index (χ1v) is 9.93. The van der Waals surface area contributed by atoms with Gasteiger partial charge in [-0.1, -0.05) is 0 Å². The summed E-state index contributed by atoms with van der Waals surface area (Å²) in [6.45, 7) is 5.69. The number of ether oxygens (including phenoxy) is 2. The Kier molecular flexibility index (Phi) is 4.94. The highest BCUT2D eigenvalue weighted by Crippen LogP contribution is 2.45. The van der Waals surface area contributed by atoms with Gasteiger partial charge in [-0.15, -0.1) is 0 Å². The average molecular weight is 416 g/mol. The quantitative estimate of drug-likeness (QED) is 0.484. The summed E-state index contributed by atoms with van der Waals surface area (Å²) in [7, 11) is 3.01. The summed E-state index contributed by atoms with van der Waals surface area (Å²) < 4.78 is 12.7. The minimum absolute atomic E-state index is 0.360. The number of hydrogen-bond acceptors (Lipinski definition) is 5. The molecular formula is C24H24N4O3. The number of nitrogens with zero attached hydrogens (tertiary/aromatic N) is 3. The SMILES string of the molecule is COC(=O)C(C)(C)C(c1c(OC)cc(C)c2[nH]ccc12)n1cc2ccc(C#N)cc2n1. The zero-order valence-corrected chi connectivity index (χ0v) is 18.2. The van der Waals surface area contributed by atoms with Crippen molar-refractivity contribution in [1.29, 1.82) is 5.26 Å². The maximum atomic E-state index is 12.9. The van der Waals surface area contributed by atoms with E-state index in [9.17, 15) is 10.1 Å². The molecule has 0 aliphatic carbocycles. The van der Waals surface area contributed by atoms with E-state index < -0.39 is 11.5 Å². The summed E-state index contributed by atoms with van der Waals surface area (Å²) in [6.07, 6.45) is 3.77. The van der Waals surface area contributed by atoms with E-state index in [-0.39, 0.29) is 5.97 Å². The molecule has 0 bridgehead atoms. The lowest BCUT2D eigenvalue weighted by molar-refractivity contribution is -0.152. The highest BCUT2D eigenvalue weighted by Gasteiger charge is 2.43. The van der Waals surface area contributed by atoms with Crippen molar-refractivity contribution in [2.75, 3.05) is 14.2 Å². The lowest BCUT2D eigenvalue weighted by Crippen LogP contribution is -2.37. The molecule has 158 valence electrons. The molecule has 1 unspecified atom stereocenters. The Bertz CT molecular complexity index is 1340. The second-order valence-corrected chi connectivity index (χ2v) is 8.19. The lowest BCUT2D eigenvalue weighted by atomic mass is 9.78. The number of hydrogen-bond donors (Lipinski definition) is 1. The molecule has 0 saturated carbocycles. The number of aryl methyl sites for hydroxylation is 1.